The van der Waals surface area contributed by atoms with Crippen LogP contribution in [0.5, 0.6) is 5.75 Å². The number of rotatable bonds is 14. The standard InChI is InChI=1S/C39H44N4O7/c1-25-23-28(36(44)40-18-21-48-22-19-41-38(47)50-39(3,4)5)24-26(2)34(25)32-16-9-15-31-30(35(37(45)46)42-43(31)32)14-10-20-49-33-17-8-12-27-11-6-7-13-29(27)33/h6-9,11-13,15-17,23-24H,10,14,18-22H2,1-5H3,(H,40,44)(H,41,47)(H,45,46). The molecule has 0 aliphatic rings. The van der Waals surface area contributed by atoms with Crippen LogP contribution >= 0.6 is 0 Å². The summed E-state index contributed by atoms with van der Waals surface area (Å²) in [6, 6.07) is 23.3. The molecular weight excluding hydrogens is 636 g/mol. The van der Waals surface area contributed by atoms with Gasteiger partial charge in [-0.05, 0) is 94.3 Å². The Morgan fingerprint density at radius 3 is 2.26 bits per heavy atom. The molecule has 262 valence electrons. The number of carboxylic acids is 1. The third kappa shape index (κ3) is 8.78. The molecule has 0 unspecified atom stereocenters. The summed E-state index contributed by atoms with van der Waals surface area (Å²) in [5, 5.41) is 22.3. The molecule has 11 heteroatoms. The first-order valence-corrected chi connectivity index (χ1v) is 16.7. The predicted molar refractivity (Wildman–Crippen MR) is 192 cm³/mol. The Morgan fingerprint density at radius 2 is 1.54 bits per heavy atom. The highest BCUT2D eigenvalue weighted by atomic mass is 16.6. The van der Waals surface area contributed by atoms with Crippen LogP contribution in [0, 0.1) is 13.8 Å². The van der Waals surface area contributed by atoms with Crippen molar-refractivity contribution in [3.8, 4) is 17.0 Å². The lowest BCUT2D eigenvalue weighted by Crippen LogP contribution is -2.34. The number of benzene rings is 3. The fourth-order valence-electron chi connectivity index (χ4n) is 5.96. The summed E-state index contributed by atoms with van der Waals surface area (Å²) in [5.74, 6) is -0.533. The molecule has 0 aliphatic carbocycles. The molecule has 0 fully saturated rings. The van der Waals surface area contributed by atoms with Gasteiger partial charge in [0.15, 0.2) is 5.69 Å². The van der Waals surface area contributed by atoms with Gasteiger partial charge >= 0.3 is 12.1 Å². The van der Waals surface area contributed by atoms with Gasteiger partial charge < -0.3 is 30.0 Å². The number of amides is 2. The van der Waals surface area contributed by atoms with Crippen LogP contribution in [0.25, 0.3) is 27.5 Å². The van der Waals surface area contributed by atoms with E-state index in [4.69, 9.17) is 14.2 Å². The number of nitrogens with zero attached hydrogens (tertiary/aromatic N) is 2. The van der Waals surface area contributed by atoms with E-state index in [0.717, 1.165) is 38.9 Å². The topological polar surface area (TPSA) is 140 Å². The lowest BCUT2D eigenvalue weighted by Gasteiger charge is -2.19. The molecule has 0 bridgehead atoms. The fraction of sp³-hybridized carbons (Fsp3) is 0.333. The molecule has 5 aromatic rings. The highest BCUT2D eigenvalue weighted by molar-refractivity contribution is 5.96. The van der Waals surface area contributed by atoms with E-state index in [0.29, 0.717) is 49.2 Å². The third-order valence-corrected chi connectivity index (χ3v) is 8.04. The molecule has 0 spiro atoms. The summed E-state index contributed by atoms with van der Waals surface area (Å²) in [6.07, 6.45) is 0.569. The number of aromatic carboxylic acids is 1. The van der Waals surface area contributed by atoms with Gasteiger partial charge in [-0.2, -0.15) is 5.10 Å². The van der Waals surface area contributed by atoms with E-state index < -0.39 is 17.7 Å². The number of carboxylic acid groups (broad SMARTS) is 1. The quantitative estimate of drug-likeness (QED) is 0.109. The van der Waals surface area contributed by atoms with Crippen LogP contribution in [-0.4, -0.2) is 71.2 Å². The largest absolute Gasteiger partial charge is 0.493 e. The summed E-state index contributed by atoms with van der Waals surface area (Å²) >= 11 is 0. The molecule has 0 atom stereocenters. The molecular formula is C39H44N4O7. The molecule has 2 heterocycles. The van der Waals surface area contributed by atoms with E-state index in [9.17, 15) is 19.5 Å². The van der Waals surface area contributed by atoms with Crippen molar-refractivity contribution >= 4 is 34.3 Å². The molecule has 2 aromatic heterocycles. The Morgan fingerprint density at radius 1 is 0.860 bits per heavy atom. The van der Waals surface area contributed by atoms with Crippen LogP contribution in [0.3, 0.4) is 0 Å². The van der Waals surface area contributed by atoms with E-state index in [-0.39, 0.29) is 24.8 Å². The second-order valence-corrected chi connectivity index (χ2v) is 13.1. The first kappa shape index (κ1) is 35.9. The number of aromatic nitrogens is 2. The fourth-order valence-corrected chi connectivity index (χ4v) is 5.96. The smallest absolute Gasteiger partial charge is 0.407 e. The van der Waals surface area contributed by atoms with E-state index >= 15 is 0 Å². The van der Waals surface area contributed by atoms with E-state index in [2.05, 4.69) is 15.7 Å². The van der Waals surface area contributed by atoms with Crippen molar-refractivity contribution in [2.75, 3.05) is 32.9 Å². The van der Waals surface area contributed by atoms with Crippen molar-refractivity contribution in [2.24, 2.45) is 0 Å². The number of ether oxygens (including phenoxy) is 3. The van der Waals surface area contributed by atoms with Gasteiger partial charge in [0.25, 0.3) is 5.91 Å². The Kier molecular flexibility index (Phi) is 11.4. The number of hydrogen-bond acceptors (Lipinski definition) is 7. The van der Waals surface area contributed by atoms with E-state index in [1.54, 1.807) is 25.3 Å². The average Bonchev–Trinajstić information content (AvgIpc) is 3.44. The summed E-state index contributed by atoms with van der Waals surface area (Å²) in [7, 11) is 0. The zero-order valence-corrected chi connectivity index (χ0v) is 29.2. The van der Waals surface area contributed by atoms with Crippen molar-refractivity contribution in [2.45, 2.75) is 53.1 Å². The molecule has 5 rings (SSSR count). The van der Waals surface area contributed by atoms with Gasteiger partial charge in [-0.15, -0.1) is 0 Å². The third-order valence-electron chi connectivity index (χ3n) is 8.04. The minimum Gasteiger partial charge on any atom is -0.493 e. The number of hydrogen-bond donors (Lipinski definition) is 3. The molecule has 3 N–H and O–H groups in total. The minimum absolute atomic E-state index is 0.0109. The SMILES string of the molecule is Cc1cc(C(=O)NCCOCCNC(=O)OC(C)(C)C)cc(C)c1-c1cccc2c(CCCOc3cccc4ccccc34)c(C(=O)O)nn12. The highest BCUT2D eigenvalue weighted by Crippen LogP contribution is 2.31. The number of carbonyl (C=O) groups is 3. The van der Waals surface area contributed by atoms with Crippen molar-refractivity contribution in [1.82, 2.24) is 20.2 Å². The summed E-state index contributed by atoms with van der Waals surface area (Å²) in [6.45, 7) is 10.8. The Labute approximate surface area is 291 Å². The van der Waals surface area contributed by atoms with Gasteiger partial charge in [0.05, 0.1) is 31.0 Å². The maximum absolute atomic E-state index is 13.0. The summed E-state index contributed by atoms with van der Waals surface area (Å²) < 4.78 is 18.5. The number of nitrogens with one attached hydrogen (secondary N) is 2. The zero-order valence-electron chi connectivity index (χ0n) is 29.2. The molecule has 3 aromatic carbocycles. The molecule has 50 heavy (non-hydrogen) atoms. The molecule has 2 amide bonds. The number of aryl methyl sites for hydroxylation is 3. The predicted octanol–water partition coefficient (Wildman–Crippen LogP) is 6.75. The minimum atomic E-state index is -1.09. The number of alkyl carbamates (subject to hydrolysis) is 1. The second kappa shape index (κ2) is 15.9. The van der Waals surface area contributed by atoms with Crippen molar-refractivity contribution < 1.29 is 33.7 Å². The van der Waals surface area contributed by atoms with Crippen molar-refractivity contribution in [3.05, 3.63) is 101 Å². The Hall–Kier alpha value is -5.42. The van der Waals surface area contributed by atoms with Crippen LogP contribution in [-0.2, 0) is 15.9 Å². The van der Waals surface area contributed by atoms with Crippen LogP contribution in [0.15, 0.2) is 72.8 Å². The maximum Gasteiger partial charge on any atom is 0.407 e. The molecule has 0 saturated carbocycles. The molecule has 0 radical (unpaired) electrons. The van der Waals surface area contributed by atoms with Crippen LogP contribution in [0.1, 0.15) is 64.7 Å². The normalized spacial score (nSPS) is 11.5. The first-order chi connectivity index (χ1) is 23.9. The molecule has 11 nitrogen and oxygen atoms in total. The average molecular weight is 681 g/mol. The van der Waals surface area contributed by atoms with Crippen LogP contribution in [0.4, 0.5) is 4.79 Å². The number of carbonyl (C=O) groups excluding carboxylic acids is 2. The first-order valence-electron chi connectivity index (χ1n) is 16.7. The Balaban J connectivity index is 1.23. The monoisotopic (exact) mass is 680 g/mol. The highest BCUT2D eigenvalue weighted by Gasteiger charge is 2.22. The lowest BCUT2D eigenvalue weighted by atomic mass is 9.96. The molecule has 0 saturated heterocycles. The van der Waals surface area contributed by atoms with Crippen LogP contribution < -0.4 is 15.4 Å². The van der Waals surface area contributed by atoms with Crippen LogP contribution in [0.2, 0.25) is 0 Å². The van der Waals surface area contributed by atoms with Gasteiger partial charge in [0.1, 0.15) is 11.4 Å². The van der Waals surface area contributed by atoms with Gasteiger partial charge in [-0.25, -0.2) is 14.1 Å². The molecule has 0 aliphatic heterocycles. The number of fused-ring (bicyclic) bond motifs is 2. The summed E-state index contributed by atoms with van der Waals surface area (Å²) in [5.41, 5.74) is 4.62. The van der Waals surface area contributed by atoms with Crippen molar-refractivity contribution in [1.29, 1.82) is 0 Å². The lowest BCUT2D eigenvalue weighted by molar-refractivity contribution is 0.0500. The Bertz CT molecular complexity index is 1980. The van der Waals surface area contributed by atoms with Gasteiger partial charge in [0, 0.05) is 35.2 Å². The van der Waals surface area contributed by atoms with Crippen molar-refractivity contribution in [3.63, 3.8) is 0 Å². The van der Waals surface area contributed by atoms with Gasteiger partial charge in [-0.1, -0.05) is 42.5 Å². The maximum atomic E-state index is 13.0. The van der Waals surface area contributed by atoms with E-state index in [1.165, 1.54) is 0 Å². The summed E-state index contributed by atoms with van der Waals surface area (Å²) in [4.78, 5) is 37.0. The van der Waals surface area contributed by atoms with Gasteiger partial charge in [0.2, 0.25) is 0 Å². The second-order valence-electron chi connectivity index (χ2n) is 13.1. The van der Waals surface area contributed by atoms with Gasteiger partial charge in [-0.3, -0.25) is 4.79 Å². The number of pyridine rings is 1. The van der Waals surface area contributed by atoms with E-state index in [1.807, 2.05) is 86.6 Å². The zero-order chi connectivity index (χ0) is 35.8.